The second-order valence-corrected chi connectivity index (χ2v) is 3.38. The monoisotopic (exact) mass is 212 g/mol. The zero-order valence-electron chi connectivity index (χ0n) is 9.22. The summed E-state index contributed by atoms with van der Waals surface area (Å²) in [6, 6.07) is -0.494. The average molecular weight is 212 g/mol. The summed E-state index contributed by atoms with van der Waals surface area (Å²) in [5.74, 6) is 1.92. The average Bonchev–Trinajstić information content (AvgIpc) is 2.15. The molecule has 0 spiro atoms. The Labute approximate surface area is 89.6 Å². The lowest BCUT2D eigenvalue weighted by molar-refractivity contribution is -0.141. The molecule has 0 saturated carbocycles. The van der Waals surface area contributed by atoms with Crippen LogP contribution < -0.4 is 10.6 Å². The standard InChI is InChI=1S/C10H16N2O3/c1-5-10(3,4)12-9(14)11-7-8(13)15-6-2/h1H,6-7H2,2-4H3,(H2,11,12,14). The van der Waals surface area contributed by atoms with Crippen molar-refractivity contribution in [2.75, 3.05) is 13.2 Å². The summed E-state index contributed by atoms with van der Waals surface area (Å²) in [5, 5.41) is 4.85. The Morgan fingerprint density at radius 3 is 2.53 bits per heavy atom. The molecule has 5 heteroatoms. The number of nitrogens with one attached hydrogen (secondary N) is 2. The summed E-state index contributed by atoms with van der Waals surface area (Å²) in [4.78, 5) is 22.1. The summed E-state index contributed by atoms with van der Waals surface area (Å²) in [5.41, 5.74) is -0.737. The van der Waals surface area contributed by atoms with Gasteiger partial charge in [-0.2, -0.15) is 0 Å². The molecule has 0 aromatic carbocycles. The first kappa shape index (κ1) is 13.3. The van der Waals surface area contributed by atoms with Crippen molar-refractivity contribution in [3.8, 4) is 12.3 Å². The Kier molecular flexibility index (Phi) is 5.24. The summed E-state index contributed by atoms with van der Waals surface area (Å²) in [7, 11) is 0. The van der Waals surface area contributed by atoms with Crippen LogP contribution in [0.1, 0.15) is 20.8 Å². The van der Waals surface area contributed by atoms with Crippen LogP contribution in [-0.2, 0) is 9.53 Å². The van der Waals surface area contributed by atoms with Crippen LogP contribution in [0.15, 0.2) is 0 Å². The van der Waals surface area contributed by atoms with Gasteiger partial charge >= 0.3 is 12.0 Å². The number of hydrogen-bond donors (Lipinski definition) is 2. The molecule has 84 valence electrons. The summed E-state index contributed by atoms with van der Waals surface area (Å²) < 4.78 is 4.63. The first-order valence-electron chi connectivity index (χ1n) is 4.60. The van der Waals surface area contributed by atoms with Crippen LogP contribution in [0.4, 0.5) is 4.79 Å². The Morgan fingerprint density at radius 1 is 1.47 bits per heavy atom. The Bertz CT molecular complexity index is 279. The molecule has 0 aromatic heterocycles. The largest absolute Gasteiger partial charge is 0.465 e. The van der Waals surface area contributed by atoms with Crippen LogP contribution in [0.3, 0.4) is 0 Å². The minimum Gasteiger partial charge on any atom is -0.465 e. The normalized spacial score (nSPS) is 10.0. The third kappa shape index (κ3) is 6.38. The fraction of sp³-hybridized carbons (Fsp3) is 0.600. The van der Waals surface area contributed by atoms with Crippen molar-refractivity contribution in [1.82, 2.24) is 10.6 Å². The number of amides is 2. The molecule has 0 aliphatic rings. The van der Waals surface area contributed by atoms with Crippen LogP contribution in [0.2, 0.25) is 0 Å². The predicted octanol–water partition coefficient (Wildman–Crippen LogP) is 0.260. The van der Waals surface area contributed by atoms with Crippen molar-refractivity contribution in [2.24, 2.45) is 0 Å². The number of hydrogen-bond acceptors (Lipinski definition) is 3. The maximum absolute atomic E-state index is 11.2. The molecule has 0 aromatic rings. The highest BCUT2D eigenvalue weighted by atomic mass is 16.5. The van der Waals surface area contributed by atoms with Crippen LogP contribution in [-0.4, -0.2) is 30.7 Å². The first-order chi connectivity index (χ1) is 6.91. The quantitative estimate of drug-likeness (QED) is 0.519. The molecule has 0 saturated heterocycles. The van der Waals surface area contributed by atoms with Crippen LogP contribution in [0, 0.1) is 12.3 Å². The molecule has 2 N–H and O–H groups in total. The van der Waals surface area contributed by atoms with Crippen molar-refractivity contribution >= 4 is 12.0 Å². The van der Waals surface area contributed by atoms with Crippen molar-refractivity contribution in [3.05, 3.63) is 0 Å². The molecule has 0 heterocycles. The fourth-order valence-electron chi connectivity index (χ4n) is 0.729. The second-order valence-electron chi connectivity index (χ2n) is 3.38. The molecule has 5 nitrogen and oxygen atoms in total. The van der Waals surface area contributed by atoms with E-state index in [2.05, 4.69) is 21.3 Å². The number of ether oxygens (including phenoxy) is 1. The van der Waals surface area contributed by atoms with Gasteiger partial charge in [-0.1, -0.05) is 5.92 Å². The van der Waals surface area contributed by atoms with Crippen molar-refractivity contribution in [3.63, 3.8) is 0 Å². The molecule has 0 rings (SSSR count). The van der Waals surface area contributed by atoms with Gasteiger partial charge in [0.1, 0.15) is 6.54 Å². The Hall–Kier alpha value is -1.70. The van der Waals surface area contributed by atoms with Gasteiger partial charge in [0.25, 0.3) is 0 Å². The van der Waals surface area contributed by atoms with Gasteiger partial charge in [-0.05, 0) is 20.8 Å². The van der Waals surface area contributed by atoms with Gasteiger partial charge in [-0.15, -0.1) is 6.42 Å². The van der Waals surface area contributed by atoms with Gasteiger partial charge in [-0.25, -0.2) is 4.79 Å². The number of esters is 1. The van der Waals surface area contributed by atoms with E-state index in [4.69, 9.17) is 6.42 Å². The molecule has 0 fully saturated rings. The van der Waals surface area contributed by atoms with E-state index in [-0.39, 0.29) is 13.2 Å². The summed E-state index contributed by atoms with van der Waals surface area (Å²) in [6.45, 7) is 5.17. The fourth-order valence-corrected chi connectivity index (χ4v) is 0.729. The van der Waals surface area contributed by atoms with Gasteiger partial charge in [0.15, 0.2) is 0 Å². The lowest BCUT2D eigenvalue weighted by atomic mass is 10.1. The molecule has 2 amide bonds. The molecule has 0 bridgehead atoms. The Morgan fingerprint density at radius 2 is 2.07 bits per heavy atom. The maximum Gasteiger partial charge on any atom is 0.325 e. The van der Waals surface area contributed by atoms with Crippen molar-refractivity contribution in [2.45, 2.75) is 26.3 Å². The number of carbonyl (C=O) groups is 2. The Balaban J connectivity index is 3.87. The maximum atomic E-state index is 11.2. The van der Waals surface area contributed by atoms with Crippen molar-refractivity contribution < 1.29 is 14.3 Å². The van der Waals surface area contributed by atoms with E-state index >= 15 is 0 Å². The number of terminal acetylenes is 1. The highest BCUT2D eigenvalue weighted by molar-refractivity contribution is 5.81. The van der Waals surface area contributed by atoms with E-state index in [9.17, 15) is 9.59 Å². The van der Waals surface area contributed by atoms with E-state index < -0.39 is 17.5 Å². The van der Waals surface area contributed by atoms with Gasteiger partial charge in [0, 0.05) is 0 Å². The van der Waals surface area contributed by atoms with Crippen LogP contribution in [0.25, 0.3) is 0 Å². The number of urea groups is 1. The topological polar surface area (TPSA) is 67.4 Å². The van der Waals surface area contributed by atoms with E-state index in [1.807, 2.05) is 0 Å². The summed E-state index contributed by atoms with van der Waals surface area (Å²) >= 11 is 0. The predicted molar refractivity (Wildman–Crippen MR) is 56.1 cm³/mol. The zero-order valence-corrected chi connectivity index (χ0v) is 9.22. The number of carbonyl (C=O) groups excluding carboxylic acids is 2. The second kappa shape index (κ2) is 5.91. The lowest BCUT2D eigenvalue weighted by Crippen LogP contribution is -2.48. The third-order valence-corrected chi connectivity index (χ3v) is 1.49. The first-order valence-corrected chi connectivity index (χ1v) is 4.60. The van der Waals surface area contributed by atoms with Crippen LogP contribution >= 0.6 is 0 Å². The smallest absolute Gasteiger partial charge is 0.325 e. The zero-order chi connectivity index (χ0) is 11.9. The highest BCUT2D eigenvalue weighted by Gasteiger charge is 2.16. The minimum absolute atomic E-state index is 0.166. The van der Waals surface area contributed by atoms with E-state index in [0.29, 0.717) is 0 Å². The molecule has 0 radical (unpaired) electrons. The van der Waals surface area contributed by atoms with Gasteiger partial charge in [0.2, 0.25) is 0 Å². The number of rotatable bonds is 4. The minimum atomic E-state index is -0.737. The molecule has 0 unspecified atom stereocenters. The van der Waals surface area contributed by atoms with E-state index in [1.165, 1.54) is 0 Å². The van der Waals surface area contributed by atoms with E-state index in [1.54, 1.807) is 20.8 Å². The summed E-state index contributed by atoms with van der Waals surface area (Å²) in [6.07, 6.45) is 5.17. The molecule has 15 heavy (non-hydrogen) atoms. The molecular formula is C10H16N2O3. The molecule has 0 aliphatic heterocycles. The third-order valence-electron chi connectivity index (χ3n) is 1.49. The lowest BCUT2D eigenvalue weighted by Gasteiger charge is -2.19. The SMILES string of the molecule is C#CC(C)(C)NC(=O)NCC(=O)OCC. The van der Waals surface area contributed by atoms with Gasteiger partial charge in [0.05, 0.1) is 12.1 Å². The molecular weight excluding hydrogens is 196 g/mol. The van der Waals surface area contributed by atoms with Gasteiger partial charge in [-0.3, -0.25) is 4.79 Å². The van der Waals surface area contributed by atoms with Gasteiger partial charge < -0.3 is 15.4 Å². The molecule has 0 aliphatic carbocycles. The van der Waals surface area contributed by atoms with Crippen LogP contribution in [0.5, 0.6) is 0 Å². The van der Waals surface area contributed by atoms with Crippen molar-refractivity contribution in [1.29, 1.82) is 0 Å². The van der Waals surface area contributed by atoms with E-state index in [0.717, 1.165) is 0 Å². The highest BCUT2D eigenvalue weighted by Crippen LogP contribution is 1.97. The molecule has 0 atom stereocenters.